The molecule has 19 heavy (non-hydrogen) atoms. The number of hydrogen-bond donors (Lipinski definition) is 2. The van der Waals surface area contributed by atoms with Crippen molar-refractivity contribution < 1.29 is 14.3 Å². The van der Waals surface area contributed by atoms with Gasteiger partial charge in [0.15, 0.2) is 0 Å². The average Bonchev–Trinajstić information content (AvgIpc) is 2.39. The van der Waals surface area contributed by atoms with Gasteiger partial charge >= 0.3 is 0 Å². The van der Waals surface area contributed by atoms with E-state index in [9.17, 15) is 9.59 Å². The first-order chi connectivity index (χ1) is 9.06. The first-order valence-electron chi connectivity index (χ1n) is 6.83. The van der Waals surface area contributed by atoms with Crippen LogP contribution in [-0.4, -0.2) is 56.1 Å². The number of nitrogens with one attached hydrogen (secondary N) is 1. The van der Waals surface area contributed by atoms with Gasteiger partial charge in [0.05, 0.1) is 0 Å². The van der Waals surface area contributed by atoms with Crippen LogP contribution in [0.3, 0.4) is 0 Å². The third-order valence-corrected chi connectivity index (χ3v) is 3.41. The van der Waals surface area contributed by atoms with Gasteiger partial charge < -0.3 is 20.7 Å². The minimum atomic E-state index is -0.0935. The van der Waals surface area contributed by atoms with Crippen LogP contribution >= 0.6 is 0 Å². The van der Waals surface area contributed by atoms with Crippen LogP contribution in [0.1, 0.15) is 26.2 Å². The van der Waals surface area contributed by atoms with E-state index < -0.39 is 0 Å². The summed E-state index contributed by atoms with van der Waals surface area (Å²) in [5.74, 6) is 0.301. The molecule has 1 heterocycles. The van der Waals surface area contributed by atoms with Crippen LogP contribution in [0.25, 0.3) is 0 Å². The molecule has 1 atom stereocenters. The number of carbonyl (C=O) groups excluding carboxylic acids is 2. The lowest BCUT2D eigenvalue weighted by atomic mass is 10.0. The molecule has 0 radical (unpaired) electrons. The maximum absolute atomic E-state index is 12.0. The Kier molecular flexibility index (Phi) is 6.80. The standard InChI is InChI=1S/C13H25N3O3/c1-10(8-14)7-13(18)16-5-3-11(4-6-16)15-12(17)9-19-2/h10-11H,3-9,14H2,1-2H3,(H,15,17). The number of methoxy groups -OCH3 is 1. The van der Waals surface area contributed by atoms with E-state index in [1.165, 1.54) is 7.11 Å². The molecule has 0 bridgehead atoms. The zero-order valence-corrected chi connectivity index (χ0v) is 11.9. The molecule has 0 aromatic heterocycles. The van der Waals surface area contributed by atoms with Crippen LogP contribution in [0.5, 0.6) is 0 Å². The molecule has 0 saturated carbocycles. The minimum Gasteiger partial charge on any atom is -0.375 e. The number of ether oxygens (including phenoxy) is 1. The molecule has 2 amide bonds. The lowest BCUT2D eigenvalue weighted by Crippen LogP contribution is -2.47. The summed E-state index contributed by atoms with van der Waals surface area (Å²) in [5.41, 5.74) is 5.53. The van der Waals surface area contributed by atoms with Gasteiger partial charge in [-0.3, -0.25) is 9.59 Å². The lowest BCUT2D eigenvalue weighted by molar-refractivity contribution is -0.133. The van der Waals surface area contributed by atoms with Crippen molar-refractivity contribution in [2.24, 2.45) is 11.7 Å². The van der Waals surface area contributed by atoms with E-state index in [4.69, 9.17) is 10.5 Å². The van der Waals surface area contributed by atoms with E-state index in [2.05, 4.69) is 5.32 Å². The zero-order chi connectivity index (χ0) is 14.3. The molecule has 1 aliphatic heterocycles. The van der Waals surface area contributed by atoms with Crippen molar-refractivity contribution in [1.29, 1.82) is 0 Å². The summed E-state index contributed by atoms with van der Waals surface area (Å²) in [6, 6.07) is 0.152. The van der Waals surface area contributed by atoms with Gasteiger partial charge in [-0.25, -0.2) is 0 Å². The summed E-state index contributed by atoms with van der Waals surface area (Å²) < 4.78 is 4.77. The molecule has 3 N–H and O–H groups in total. The predicted octanol–water partition coefficient (Wildman–Crippen LogP) is -0.275. The van der Waals surface area contributed by atoms with Gasteiger partial charge in [0.2, 0.25) is 11.8 Å². The number of amides is 2. The van der Waals surface area contributed by atoms with Gasteiger partial charge in [-0.15, -0.1) is 0 Å². The first-order valence-corrected chi connectivity index (χ1v) is 6.83. The summed E-state index contributed by atoms with van der Waals surface area (Å²) >= 11 is 0. The Labute approximate surface area is 114 Å². The Morgan fingerprint density at radius 1 is 1.42 bits per heavy atom. The Balaban J connectivity index is 2.28. The molecule has 6 heteroatoms. The highest BCUT2D eigenvalue weighted by atomic mass is 16.5. The lowest BCUT2D eigenvalue weighted by Gasteiger charge is -2.33. The summed E-state index contributed by atoms with van der Waals surface area (Å²) in [6.45, 7) is 4.01. The molecular formula is C13H25N3O3. The van der Waals surface area contributed by atoms with Gasteiger partial charge in [0.25, 0.3) is 0 Å². The molecule has 6 nitrogen and oxygen atoms in total. The molecule has 1 saturated heterocycles. The Morgan fingerprint density at radius 3 is 2.58 bits per heavy atom. The normalized spacial score (nSPS) is 18.2. The Bertz CT molecular complexity index is 302. The van der Waals surface area contributed by atoms with Gasteiger partial charge in [-0.2, -0.15) is 0 Å². The third-order valence-electron chi connectivity index (χ3n) is 3.41. The monoisotopic (exact) mass is 271 g/mol. The van der Waals surface area contributed by atoms with Crippen LogP contribution in [-0.2, 0) is 14.3 Å². The van der Waals surface area contributed by atoms with E-state index in [1.807, 2.05) is 11.8 Å². The van der Waals surface area contributed by atoms with E-state index in [-0.39, 0.29) is 30.4 Å². The number of hydrogen-bond acceptors (Lipinski definition) is 4. The third kappa shape index (κ3) is 5.57. The summed E-state index contributed by atoms with van der Waals surface area (Å²) in [4.78, 5) is 25.2. The fourth-order valence-corrected chi connectivity index (χ4v) is 2.18. The minimum absolute atomic E-state index is 0.0904. The first kappa shape index (κ1) is 15.9. The summed E-state index contributed by atoms with van der Waals surface area (Å²) in [6.07, 6.45) is 2.12. The summed E-state index contributed by atoms with van der Waals surface area (Å²) in [7, 11) is 1.50. The quantitative estimate of drug-likeness (QED) is 0.696. The van der Waals surface area contributed by atoms with Gasteiger partial charge in [-0.1, -0.05) is 6.92 Å². The second-order valence-electron chi connectivity index (χ2n) is 5.20. The topological polar surface area (TPSA) is 84.7 Å². The van der Waals surface area contributed by atoms with Crippen LogP contribution in [0.15, 0.2) is 0 Å². The second-order valence-corrected chi connectivity index (χ2v) is 5.20. The van der Waals surface area contributed by atoms with E-state index in [0.717, 1.165) is 12.8 Å². The van der Waals surface area contributed by atoms with Crippen LogP contribution in [0.2, 0.25) is 0 Å². The summed E-state index contributed by atoms with van der Waals surface area (Å²) in [5, 5.41) is 2.91. The highest BCUT2D eigenvalue weighted by molar-refractivity contribution is 5.78. The van der Waals surface area contributed by atoms with Crippen molar-refractivity contribution in [1.82, 2.24) is 10.2 Å². The van der Waals surface area contributed by atoms with Gasteiger partial charge in [0.1, 0.15) is 6.61 Å². The molecule has 1 unspecified atom stereocenters. The van der Waals surface area contributed by atoms with E-state index >= 15 is 0 Å². The number of likely N-dealkylation sites (tertiary alicyclic amines) is 1. The van der Waals surface area contributed by atoms with Gasteiger partial charge in [-0.05, 0) is 25.3 Å². The predicted molar refractivity (Wildman–Crippen MR) is 72.5 cm³/mol. The maximum Gasteiger partial charge on any atom is 0.246 e. The number of nitrogens with two attached hydrogens (primary N) is 1. The highest BCUT2D eigenvalue weighted by Crippen LogP contribution is 2.13. The molecule has 0 aromatic rings. The van der Waals surface area contributed by atoms with Gasteiger partial charge in [0, 0.05) is 32.7 Å². The molecule has 0 aliphatic carbocycles. The van der Waals surface area contributed by atoms with E-state index in [1.54, 1.807) is 0 Å². The Hall–Kier alpha value is -1.14. The number of piperidine rings is 1. The maximum atomic E-state index is 12.0. The highest BCUT2D eigenvalue weighted by Gasteiger charge is 2.24. The largest absolute Gasteiger partial charge is 0.375 e. The fraction of sp³-hybridized carbons (Fsp3) is 0.846. The molecular weight excluding hydrogens is 246 g/mol. The molecule has 110 valence electrons. The number of nitrogens with zero attached hydrogens (tertiary/aromatic N) is 1. The molecule has 0 spiro atoms. The average molecular weight is 271 g/mol. The number of rotatable bonds is 6. The van der Waals surface area contributed by atoms with Crippen molar-refractivity contribution in [3.63, 3.8) is 0 Å². The van der Waals surface area contributed by atoms with Crippen molar-refractivity contribution in [2.75, 3.05) is 33.4 Å². The zero-order valence-electron chi connectivity index (χ0n) is 11.9. The van der Waals surface area contributed by atoms with Crippen molar-refractivity contribution in [3.8, 4) is 0 Å². The Morgan fingerprint density at radius 2 is 2.05 bits per heavy atom. The molecule has 1 rings (SSSR count). The fourth-order valence-electron chi connectivity index (χ4n) is 2.18. The van der Waals surface area contributed by atoms with Crippen molar-refractivity contribution in [2.45, 2.75) is 32.2 Å². The van der Waals surface area contributed by atoms with Crippen molar-refractivity contribution in [3.05, 3.63) is 0 Å². The van der Waals surface area contributed by atoms with E-state index in [0.29, 0.717) is 26.1 Å². The molecule has 0 aromatic carbocycles. The smallest absolute Gasteiger partial charge is 0.246 e. The van der Waals surface area contributed by atoms with Crippen LogP contribution in [0.4, 0.5) is 0 Å². The van der Waals surface area contributed by atoms with Crippen LogP contribution in [0, 0.1) is 5.92 Å². The van der Waals surface area contributed by atoms with Crippen molar-refractivity contribution >= 4 is 11.8 Å². The SMILES string of the molecule is COCC(=O)NC1CCN(C(=O)CC(C)CN)CC1. The molecule has 1 fully saturated rings. The second kappa shape index (κ2) is 8.12. The number of carbonyl (C=O) groups is 2. The molecule has 1 aliphatic rings. The van der Waals surface area contributed by atoms with Crippen LogP contribution < -0.4 is 11.1 Å².